The van der Waals surface area contributed by atoms with Gasteiger partial charge in [0.1, 0.15) is 0 Å². The summed E-state index contributed by atoms with van der Waals surface area (Å²) in [6.45, 7) is 6.58. The van der Waals surface area contributed by atoms with Crippen molar-refractivity contribution in [1.29, 1.82) is 0 Å². The first-order valence-corrected chi connectivity index (χ1v) is 7.64. The lowest BCUT2D eigenvalue weighted by Gasteiger charge is -2.34. The summed E-state index contributed by atoms with van der Waals surface area (Å²) in [4.78, 5) is 25.4. The molecule has 6 nitrogen and oxygen atoms in total. The van der Waals surface area contributed by atoms with Crippen molar-refractivity contribution >= 4 is 11.7 Å². The highest BCUT2D eigenvalue weighted by molar-refractivity contribution is 5.98. The van der Waals surface area contributed by atoms with Gasteiger partial charge in [-0.3, -0.25) is 9.69 Å². The van der Waals surface area contributed by atoms with Gasteiger partial charge in [-0.05, 0) is 12.3 Å². The van der Waals surface area contributed by atoms with E-state index in [-0.39, 0.29) is 12.4 Å². The number of aromatic nitrogens is 2. The summed E-state index contributed by atoms with van der Waals surface area (Å²) in [6, 6.07) is 0. The first kappa shape index (κ1) is 14.4. The van der Waals surface area contributed by atoms with Crippen molar-refractivity contribution in [2.45, 2.75) is 19.8 Å². The van der Waals surface area contributed by atoms with Crippen LogP contribution < -0.4 is 4.90 Å². The molecule has 1 fully saturated rings. The molecule has 0 amide bonds. The van der Waals surface area contributed by atoms with Crippen molar-refractivity contribution in [3.05, 3.63) is 17.5 Å². The van der Waals surface area contributed by atoms with Crippen LogP contribution in [0.2, 0.25) is 0 Å². The zero-order valence-corrected chi connectivity index (χ0v) is 12.5. The second kappa shape index (κ2) is 6.07. The highest BCUT2D eigenvalue weighted by atomic mass is 16.3. The summed E-state index contributed by atoms with van der Waals surface area (Å²) < 4.78 is 0. The van der Waals surface area contributed by atoms with Crippen molar-refractivity contribution in [1.82, 2.24) is 14.9 Å². The fourth-order valence-electron chi connectivity index (χ4n) is 3.09. The summed E-state index contributed by atoms with van der Waals surface area (Å²) in [6.07, 6.45) is 3.17. The molecule has 0 aromatic carbocycles. The van der Waals surface area contributed by atoms with E-state index in [4.69, 9.17) is 5.11 Å². The molecule has 1 unspecified atom stereocenters. The topological polar surface area (TPSA) is 69.6 Å². The van der Waals surface area contributed by atoms with Crippen LogP contribution in [0, 0.1) is 5.92 Å². The minimum Gasteiger partial charge on any atom is -0.395 e. The Bertz CT molecular complexity index is 526. The maximum atomic E-state index is 12.0. The maximum absolute atomic E-state index is 12.0. The number of rotatable bonds is 3. The average Bonchev–Trinajstić information content (AvgIpc) is 2.47. The Labute approximate surface area is 124 Å². The van der Waals surface area contributed by atoms with E-state index >= 15 is 0 Å². The number of nitrogens with zero attached hydrogens (tertiary/aromatic N) is 4. The molecule has 1 saturated heterocycles. The molecule has 114 valence electrons. The third kappa shape index (κ3) is 3.06. The second-order valence-corrected chi connectivity index (χ2v) is 6.02. The number of piperazine rings is 1. The summed E-state index contributed by atoms with van der Waals surface area (Å²) >= 11 is 0. The van der Waals surface area contributed by atoms with E-state index in [1.165, 1.54) is 0 Å². The van der Waals surface area contributed by atoms with Gasteiger partial charge in [0, 0.05) is 45.3 Å². The minimum absolute atomic E-state index is 0.170. The Morgan fingerprint density at radius 3 is 2.76 bits per heavy atom. The summed E-state index contributed by atoms with van der Waals surface area (Å²) in [5.74, 6) is 1.27. The van der Waals surface area contributed by atoms with Crippen LogP contribution in [0.4, 0.5) is 5.95 Å². The van der Waals surface area contributed by atoms with E-state index in [2.05, 4.69) is 26.7 Å². The molecule has 1 atom stereocenters. The van der Waals surface area contributed by atoms with Crippen molar-refractivity contribution in [2.75, 3.05) is 44.2 Å². The molecular formula is C15H22N4O2. The fraction of sp³-hybridized carbons (Fsp3) is 0.667. The number of ketones is 1. The number of carbonyl (C=O) groups is 1. The number of aliphatic hydroxyl groups excluding tert-OH is 1. The van der Waals surface area contributed by atoms with Gasteiger partial charge in [-0.25, -0.2) is 9.97 Å². The Morgan fingerprint density at radius 1 is 1.29 bits per heavy atom. The molecule has 2 aliphatic rings. The number of aliphatic hydroxyl groups is 1. The van der Waals surface area contributed by atoms with Gasteiger partial charge in [0.2, 0.25) is 5.95 Å². The molecule has 1 aromatic heterocycles. The highest BCUT2D eigenvalue weighted by Gasteiger charge is 2.26. The van der Waals surface area contributed by atoms with Gasteiger partial charge < -0.3 is 10.0 Å². The van der Waals surface area contributed by atoms with Crippen LogP contribution in [0.1, 0.15) is 29.4 Å². The number of carbonyl (C=O) groups excluding carboxylic acids is 1. The molecule has 0 saturated carbocycles. The van der Waals surface area contributed by atoms with E-state index < -0.39 is 0 Å². The Hall–Kier alpha value is -1.53. The largest absolute Gasteiger partial charge is 0.395 e. The lowest BCUT2D eigenvalue weighted by molar-refractivity contribution is 0.0951. The lowest BCUT2D eigenvalue weighted by Crippen LogP contribution is -2.47. The van der Waals surface area contributed by atoms with Gasteiger partial charge in [0.05, 0.1) is 17.9 Å². The van der Waals surface area contributed by atoms with Gasteiger partial charge in [-0.1, -0.05) is 6.92 Å². The van der Waals surface area contributed by atoms with E-state index in [1.807, 2.05) is 0 Å². The number of hydrogen-bond acceptors (Lipinski definition) is 6. The SMILES string of the molecule is CC1CC(=O)c2cnc(N3CCN(CCO)CC3)nc2C1. The van der Waals surface area contributed by atoms with Gasteiger partial charge in [-0.15, -0.1) is 0 Å². The van der Waals surface area contributed by atoms with Crippen molar-refractivity contribution < 1.29 is 9.90 Å². The van der Waals surface area contributed by atoms with Gasteiger partial charge in [0.15, 0.2) is 5.78 Å². The molecule has 3 rings (SSSR count). The summed E-state index contributed by atoms with van der Waals surface area (Å²) in [5.41, 5.74) is 1.61. The van der Waals surface area contributed by atoms with Crippen LogP contribution in [0.25, 0.3) is 0 Å². The smallest absolute Gasteiger partial charge is 0.225 e. The minimum atomic E-state index is 0.170. The molecule has 0 spiro atoms. The van der Waals surface area contributed by atoms with Crippen LogP contribution in [0.15, 0.2) is 6.20 Å². The predicted octanol–water partition coefficient (Wildman–Crippen LogP) is 0.356. The quantitative estimate of drug-likeness (QED) is 0.866. The molecule has 2 heterocycles. The summed E-state index contributed by atoms with van der Waals surface area (Å²) in [5, 5.41) is 8.97. The molecule has 1 aliphatic heterocycles. The monoisotopic (exact) mass is 290 g/mol. The standard InChI is InChI=1S/C15H22N4O2/c1-11-8-13-12(14(21)9-11)10-16-15(17-13)19-4-2-18(3-5-19)6-7-20/h10-11,20H,2-9H2,1H3. The van der Waals surface area contributed by atoms with E-state index in [0.29, 0.717) is 17.9 Å². The number of hydrogen-bond donors (Lipinski definition) is 1. The van der Waals surface area contributed by atoms with E-state index in [9.17, 15) is 4.79 Å². The van der Waals surface area contributed by atoms with Crippen LogP contribution in [-0.4, -0.2) is 65.1 Å². The molecule has 0 bridgehead atoms. The number of anilines is 1. The van der Waals surface area contributed by atoms with Gasteiger partial charge in [-0.2, -0.15) is 0 Å². The van der Waals surface area contributed by atoms with Crippen molar-refractivity contribution in [2.24, 2.45) is 5.92 Å². The normalized spacial score (nSPS) is 23.2. The van der Waals surface area contributed by atoms with E-state index in [0.717, 1.165) is 50.8 Å². The molecular weight excluding hydrogens is 268 g/mol. The van der Waals surface area contributed by atoms with Crippen molar-refractivity contribution in [3.63, 3.8) is 0 Å². The predicted molar refractivity (Wildman–Crippen MR) is 79.6 cm³/mol. The van der Waals surface area contributed by atoms with Gasteiger partial charge in [0.25, 0.3) is 0 Å². The first-order valence-electron chi connectivity index (χ1n) is 7.64. The maximum Gasteiger partial charge on any atom is 0.225 e. The number of Topliss-reactive ketones (excluding diaryl/α,β-unsaturated/α-hetero) is 1. The fourth-order valence-corrected chi connectivity index (χ4v) is 3.09. The zero-order chi connectivity index (χ0) is 14.8. The first-order chi connectivity index (χ1) is 10.2. The van der Waals surface area contributed by atoms with Crippen LogP contribution in [0.5, 0.6) is 0 Å². The number of fused-ring (bicyclic) bond motifs is 1. The molecule has 6 heteroatoms. The van der Waals surface area contributed by atoms with Crippen molar-refractivity contribution in [3.8, 4) is 0 Å². The van der Waals surface area contributed by atoms with Crippen LogP contribution >= 0.6 is 0 Å². The average molecular weight is 290 g/mol. The molecule has 0 radical (unpaired) electrons. The Kier molecular flexibility index (Phi) is 4.17. The molecule has 21 heavy (non-hydrogen) atoms. The summed E-state index contributed by atoms with van der Waals surface area (Å²) in [7, 11) is 0. The molecule has 1 aliphatic carbocycles. The molecule has 1 aromatic rings. The third-order valence-electron chi connectivity index (χ3n) is 4.30. The van der Waals surface area contributed by atoms with Gasteiger partial charge >= 0.3 is 0 Å². The highest BCUT2D eigenvalue weighted by Crippen LogP contribution is 2.25. The van der Waals surface area contributed by atoms with E-state index in [1.54, 1.807) is 6.20 Å². The molecule has 1 N–H and O–H groups in total. The Balaban J connectivity index is 1.73. The zero-order valence-electron chi connectivity index (χ0n) is 12.5. The third-order valence-corrected chi connectivity index (χ3v) is 4.30. The number of β-amino-alcohol motifs (C(OH)–C–C–N with tert-alkyl or cyclic N) is 1. The second-order valence-electron chi connectivity index (χ2n) is 6.02. The lowest BCUT2D eigenvalue weighted by atomic mass is 9.88. The van der Waals surface area contributed by atoms with Crippen LogP contribution in [0.3, 0.4) is 0 Å². The van der Waals surface area contributed by atoms with Crippen LogP contribution in [-0.2, 0) is 6.42 Å². The Morgan fingerprint density at radius 2 is 2.05 bits per heavy atom.